The lowest BCUT2D eigenvalue weighted by molar-refractivity contribution is 0.144. The fourth-order valence-corrected chi connectivity index (χ4v) is 2.16. The van der Waals surface area contributed by atoms with E-state index in [2.05, 4.69) is 5.32 Å². The van der Waals surface area contributed by atoms with Crippen LogP contribution < -0.4 is 5.32 Å². The van der Waals surface area contributed by atoms with Crippen LogP contribution in [0.1, 0.15) is 11.6 Å². The summed E-state index contributed by atoms with van der Waals surface area (Å²) in [7, 11) is 0. The molecule has 0 radical (unpaired) electrons. The molecular weight excluding hydrogens is 284 g/mol. The molecule has 0 aliphatic carbocycles. The number of benzene rings is 1. The van der Waals surface area contributed by atoms with E-state index >= 15 is 0 Å². The predicted octanol–water partition coefficient (Wildman–Crippen LogP) is 2.44. The van der Waals surface area contributed by atoms with Crippen molar-refractivity contribution in [2.45, 2.75) is 6.04 Å². The Bertz CT molecular complexity index is 424. The zero-order chi connectivity index (χ0) is 13.1. The van der Waals surface area contributed by atoms with E-state index < -0.39 is 30.2 Å². The molecule has 0 bridgehead atoms. The van der Waals surface area contributed by atoms with Gasteiger partial charge in [0, 0.05) is 37.8 Å². The summed E-state index contributed by atoms with van der Waals surface area (Å²) < 4.78 is 52.7. The maximum Gasteiger partial charge on any atom is 0.161 e. The first-order chi connectivity index (χ1) is 8.63. The smallest absolute Gasteiger partial charge is 0.161 e. The van der Waals surface area contributed by atoms with Crippen LogP contribution in [0.15, 0.2) is 12.1 Å². The van der Waals surface area contributed by atoms with Gasteiger partial charge in [-0.05, 0) is 6.07 Å². The number of piperazine rings is 1. The molecule has 1 atom stereocenters. The normalized spacial score (nSPS) is 17.9. The molecule has 1 aliphatic rings. The van der Waals surface area contributed by atoms with Crippen molar-refractivity contribution in [1.29, 1.82) is 0 Å². The minimum atomic E-state index is -1.26. The van der Waals surface area contributed by atoms with E-state index in [0.29, 0.717) is 32.2 Å². The molecule has 2 nitrogen and oxygen atoms in total. The molecule has 1 aromatic rings. The molecule has 19 heavy (non-hydrogen) atoms. The van der Waals surface area contributed by atoms with Gasteiger partial charge in [0.15, 0.2) is 11.6 Å². The van der Waals surface area contributed by atoms with E-state index in [9.17, 15) is 17.6 Å². The molecule has 1 heterocycles. The Morgan fingerprint density at radius 3 is 2.21 bits per heavy atom. The lowest BCUT2D eigenvalue weighted by Gasteiger charge is -2.33. The first kappa shape index (κ1) is 16.2. The van der Waals surface area contributed by atoms with Gasteiger partial charge in [0.2, 0.25) is 0 Å². The van der Waals surface area contributed by atoms with Gasteiger partial charge in [-0.15, -0.1) is 12.4 Å². The van der Waals surface area contributed by atoms with Crippen molar-refractivity contribution >= 4 is 12.4 Å². The molecule has 0 spiro atoms. The molecule has 0 aromatic heterocycles. The third kappa shape index (κ3) is 3.58. The van der Waals surface area contributed by atoms with Gasteiger partial charge in [0.25, 0.3) is 0 Å². The van der Waals surface area contributed by atoms with Gasteiger partial charge in [-0.1, -0.05) is 0 Å². The summed E-state index contributed by atoms with van der Waals surface area (Å²) in [5, 5.41) is 3.09. The number of nitrogens with zero attached hydrogens (tertiary/aromatic N) is 1. The second kappa shape index (κ2) is 7.07. The highest BCUT2D eigenvalue weighted by molar-refractivity contribution is 5.85. The van der Waals surface area contributed by atoms with E-state index in [4.69, 9.17) is 0 Å². The molecule has 0 amide bonds. The fraction of sp³-hybridized carbons (Fsp3) is 0.500. The Morgan fingerprint density at radius 2 is 1.63 bits per heavy atom. The van der Waals surface area contributed by atoms with E-state index in [1.165, 1.54) is 0 Å². The van der Waals surface area contributed by atoms with Crippen LogP contribution in [0.2, 0.25) is 0 Å². The summed E-state index contributed by atoms with van der Waals surface area (Å²) in [4.78, 5) is 1.73. The second-order valence-electron chi connectivity index (χ2n) is 4.24. The highest BCUT2D eigenvalue weighted by Crippen LogP contribution is 2.26. The van der Waals surface area contributed by atoms with Crippen LogP contribution in [0.5, 0.6) is 0 Å². The number of hydrogen-bond donors (Lipinski definition) is 1. The lowest BCUT2D eigenvalue weighted by atomic mass is 10.0. The van der Waals surface area contributed by atoms with Gasteiger partial charge in [0.1, 0.15) is 12.5 Å². The summed E-state index contributed by atoms with van der Waals surface area (Å²) in [6.45, 7) is 1.60. The number of hydrogen-bond acceptors (Lipinski definition) is 2. The molecule has 108 valence electrons. The lowest BCUT2D eigenvalue weighted by Crippen LogP contribution is -2.45. The molecule has 0 unspecified atom stereocenters. The molecule has 1 fully saturated rings. The Morgan fingerprint density at radius 1 is 1.05 bits per heavy atom. The monoisotopic (exact) mass is 298 g/mol. The first-order valence-corrected chi connectivity index (χ1v) is 5.78. The zero-order valence-electron chi connectivity index (χ0n) is 10.1. The van der Waals surface area contributed by atoms with Crippen molar-refractivity contribution in [2.24, 2.45) is 0 Å². The summed E-state index contributed by atoms with van der Waals surface area (Å²) >= 11 is 0. The average molecular weight is 299 g/mol. The van der Waals surface area contributed by atoms with E-state index in [0.717, 1.165) is 6.07 Å². The minimum absolute atomic E-state index is 0. The third-order valence-electron chi connectivity index (χ3n) is 3.14. The number of alkyl halides is 1. The quantitative estimate of drug-likeness (QED) is 0.681. The van der Waals surface area contributed by atoms with Crippen LogP contribution in [0.4, 0.5) is 17.6 Å². The summed E-state index contributed by atoms with van der Waals surface area (Å²) in [5.74, 6) is -3.32. The van der Waals surface area contributed by atoms with Gasteiger partial charge in [-0.3, -0.25) is 4.90 Å². The standard InChI is InChI=1S/C12H14F4N2.ClH/c13-7-12(18-3-1-17-2-4-18)8-5-10(15)11(16)6-9(8)14;/h5-6,12,17H,1-4,7H2;1H/t12-;/m1./s1. The van der Waals surface area contributed by atoms with Crippen molar-refractivity contribution in [1.82, 2.24) is 10.2 Å². The van der Waals surface area contributed by atoms with E-state index in [1.54, 1.807) is 4.90 Å². The predicted molar refractivity (Wildman–Crippen MR) is 66.7 cm³/mol. The SMILES string of the molecule is Cl.FC[C@H](c1cc(F)c(F)cc1F)N1CCNCC1. The van der Waals surface area contributed by atoms with Gasteiger partial charge in [-0.2, -0.15) is 0 Å². The summed E-state index contributed by atoms with van der Waals surface area (Å²) in [6, 6.07) is 0.356. The molecule has 2 rings (SSSR count). The summed E-state index contributed by atoms with van der Waals surface area (Å²) in [6.07, 6.45) is 0. The highest BCUT2D eigenvalue weighted by Gasteiger charge is 2.26. The Kier molecular flexibility index (Phi) is 6.03. The number of nitrogens with one attached hydrogen (secondary N) is 1. The van der Waals surface area contributed by atoms with Crippen molar-refractivity contribution in [3.63, 3.8) is 0 Å². The van der Waals surface area contributed by atoms with Crippen LogP contribution in [-0.2, 0) is 0 Å². The van der Waals surface area contributed by atoms with Crippen LogP contribution in [0.3, 0.4) is 0 Å². The van der Waals surface area contributed by atoms with E-state index in [-0.39, 0.29) is 18.0 Å². The van der Waals surface area contributed by atoms with Gasteiger partial charge in [0.05, 0.1) is 6.04 Å². The Balaban J connectivity index is 0.00000180. The largest absolute Gasteiger partial charge is 0.314 e. The minimum Gasteiger partial charge on any atom is -0.314 e. The highest BCUT2D eigenvalue weighted by atomic mass is 35.5. The van der Waals surface area contributed by atoms with Gasteiger partial charge >= 0.3 is 0 Å². The Labute approximate surface area is 115 Å². The molecule has 1 saturated heterocycles. The average Bonchev–Trinajstić information content (AvgIpc) is 2.38. The van der Waals surface area contributed by atoms with Crippen molar-refractivity contribution < 1.29 is 17.6 Å². The van der Waals surface area contributed by atoms with Crippen molar-refractivity contribution in [3.05, 3.63) is 35.1 Å². The molecule has 0 saturated carbocycles. The second-order valence-corrected chi connectivity index (χ2v) is 4.24. The van der Waals surface area contributed by atoms with Crippen LogP contribution in [0, 0.1) is 17.5 Å². The Hall–Kier alpha value is -0.850. The van der Waals surface area contributed by atoms with Crippen LogP contribution in [-0.4, -0.2) is 37.8 Å². The topological polar surface area (TPSA) is 15.3 Å². The molecule has 7 heteroatoms. The van der Waals surface area contributed by atoms with Crippen molar-refractivity contribution in [2.75, 3.05) is 32.9 Å². The number of halogens is 5. The summed E-state index contributed by atoms with van der Waals surface area (Å²) in [5.41, 5.74) is -0.127. The van der Waals surface area contributed by atoms with Crippen molar-refractivity contribution in [3.8, 4) is 0 Å². The maximum absolute atomic E-state index is 13.6. The van der Waals surface area contributed by atoms with Crippen LogP contribution in [0.25, 0.3) is 0 Å². The molecule has 1 aliphatic heterocycles. The van der Waals surface area contributed by atoms with Gasteiger partial charge in [-0.25, -0.2) is 17.6 Å². The third-order valence-corrected chi connectivity index (χ3v) is 3.14. The fourth-order valence-electron chi connectivity index (χ4n) is 2.16. The molecule has 1 N–H and O–H groups in total. The molecular formula is C12H15ClF4N2. The number of rotatable bonds is 3. The first-order valence-electron chi connectivity index (χ1n) is 5.78. The van der Waals surface area contributed by atoms with E-state index in [1.807, 2.05) is 0 Å². The zero-order valence-corrected chi connectivity index (χ0v) is 11.0. The maximum atomic E-state index is 13.6. The van der Waals surface area contributed by atoms with Crippen LogP contribution >= 0.6 is 12.4 Å². The van der Waals surface area contributed by atoms with Gasteiger partial charge < -0.3 is 5.32 Å². The molecule has 1 aromatic carbocycles.